The van der Waals surface area contributed by atoms with E-state index in [1.165, 1.54) is 0 Å². The van der Waals surface area contributed by atoms with Crippen LogP contribution in [-0.4, -0.2) is 11.3 Å². The molecular formula is C6H5FN2O. The molecule has 0 amide bonds. The van der Waals surface area contributed by atoms with E-state index in [0.717, 1.165) is 12.1 Å². The van der Waals surface area contributed by atoms with E-state index >= 15 is 0 Å². The minimum Gasteiger partial charge on any atom is -0.384 e. The average Bonchev–Trinajstić information content (AvgIpc) is 1.85. The summed E-state index contributed by atoms with van der Waals surface area (Å²) in [6.07, 6.45) is 0.444. The van der Waals surface area contributed by atoms with Crippen LogP contribution in [0, 0.1) is 5.82 Å². The highest BCUT2D eigenvalue weighted by Crippen LogP contribution is 2.03. The normalized spacial score (nSPS) is 9.30. The summed E-state index contributed by atoms with van der Waals surface area (Å²) in [4.78, 5) is 13.5. The fraction of sp³-hybridized carbons (Fsp3) is 0. The highest BCUT2D eigenvalue weighted by molar-refractivity contribution is 5.72. The number of halogens is 1. The van der Waals surface area contributed by atoms with Gasteiger partial charge in [0.15, 0.2) is 6.29 Å². The van der Waals surface area contributed by atoms with Crippen molar-refractivity contribution < 1.29 is 9.18 Å². The molecule has 10 heavy (non-hydrogen) atoms. The number of hydrogen-bond donors (Lipinski definition) is 1. The molecule has 0 aliphatic rings. The Morgan fingerprint density at radius 3 is 2.80 bits per heavy atom. The van der Waals surface area contributed by atoms with Crippen molar-refractivity contribution in [2.75, 3.05) is 5.73 Å². The molecule has 52 valence electrons. The Kier molecular flexibility index (Phi) is 1.62. The molecule has 2 N–H and O–H groups in total. The molecule has 0 bridgehead atoms. The predicted octanol–water partition coefficient (Wildman–Crippen LogP) is 0.615. The SMILES string of the molecule is Nc1cc(F)cc(C=O)n1. The number of hydrogen-bond acceptors (Lipinski definition) is 3. The Morgan fingerprint density at radius 2 is 2.30 bits per heavy atom. The van der Waals surface area contributed by atoms with Crippen LogP contribution in [-0.2, 0) is 0 Å². The van der Waals surface area contributed by atoms with Crippen molar-refractivity contribution in [3.05, 3.63) is 23.6 Å². The van der Waals surface area contributed by atoms with Gasteiger partial charge in [-0.2, -0.15) is 0 Å². The number of nitrogens with two attached hydrogens (primary N) is 1. The van der Waals surface area contributed by atoms with Gasteiger partial charge in [-0.1, -0.05) is 0 Å². The maximum Gasteiger partial charge on any atom is 0.168 e. The van der Waals surface area contributed by atoms with E-state index in [-0.39, 0.29) is 11.5 Å². The Hall–Kier alpha value is -1.45. The zero-order valence-corrected chi connectivity index (χ0v) is 5.04. The van der Waals surface area contributed by atoms with E-state index < -0.39 is 5.82 Å². The third-order valence-electron chi connectivity index (χ3n) is 0.950. The highest BCUT2D eigenvalue weighted by Gasteiger charge is 1.96. The predicted molar refractivity (Wildman–Crippen MR) is 34.0 cm³/mol. The number of nitrogen functional groups attached to an aromatic ring is 1. The van der Waals surface area contributed by atoms with E-state index in [9.17, 15) is 9.18 Å². The summed E-state index contributed by atoms with van der Waals surface area (Å²) >= 11 is 0. The smallest absolute Gasteiger partial charge is 0.168 e. The van der Waals surface area contributed by atoms with Gasteiger partial charge in [-0.05, 0) is 0 Å². The topological polar surface area (TPSA) is 56.0 Å². The fourth-order valence-corrected chi connectivity index (χ4v) is 0.598. The van der Waals surface area contributed by atoms with Crippen molar-refractivity contribution in [3.63, 3.8) is 0 Å². The van der Waals surface area contributed by atoms with Crippen LogP contribution < -0.4 is 5.73 Å². The zero-order chi connectivity index (χ0) is 7.56. The molecule has 0 unspecified atom stereocenters. The van der Waals surface area contributed by atoms with E-state index in [1.807, 2.05) is 0 Å². The fourth-order valence-electron chi connectivity index (χ4n) is 0.598. The van der Waals surface area contributed by atoms with Crippen molar-refractivity contribution in [1.29, 1.82) is 0 Å². The maximum atomic E-state index is 12.3. The summed E-state index contributed by atoms with van der Waals surface area (Å²) in [5.41, 5.74) is 5.14. The Balaban J connectivity index is 3.18. The van der Waals surface area contributed by atoms with Crippen LogP contribution in [0.1, 0.15) is 10.5 Å². The number of rotatable bonds is 1. The van der Waals surface area contributed by atoms with Gasteiger partial charge in [-0.25, -0.2) is 9.37 Å². The molecule has 4 heteroatoms. The van der Waals surface area contributed by atoms with Gasteiger partial charge in [-0.15, -0.1) is 0 Å². The molecule has 0 aliphatic carbocycles. The first kappa shape index (κ1) is 6.67. The lowest BCUT2D eigenvalue weighted by Gasteiger charge is -1.92. The van der Waals surface area contributed by atoms with E-state index in [0.29, 0.717) is 6.29 Å². The minimum absolute atomic E-state index is 0.0116. The maximum absolute atomic E-state index is 12.3. The molecule has 1 aromatic rings. The largest absolute Gasteiger partial charge is 0.384 e. The van der Waals surface area contributed by atoms with Crippen LogP contribution in [0.25, 0.3) is 0 Å². The van der Waals surface area contributed by atoms with Gasteiger partial charge in [0, 0.05) is 12.1 Å². The monoisotopic (exact) mass is 140 g/mol. The van der Waals surface area contributed by atoms with Crippen molar-refractivity contribution >= 4 is 12.1 Å². The quantitative estimate of drug-likeness (QED) is 0.581. The standard InChI is InChI=1S/C6H5FN2O/c7-4-1-5(3-10)9-6(8)2-4/h1-3H,(H2,8,9). The molecule has 0 fully saturated rings. The number of aldehydes is 1. The van der Waals surface area contributed by atoms with Gasteiger partial charge < -0.3 is 5.73 Å². The zero-order valence-electron chi connectivity index (χ0n) is 5.04. The first-order chi connectivity index (χ1) is 4.72. The van der Waals surface area contributed by atoms with Gasteiger partial charge in [0.1, 0.15) is 17.3 Å². The second-order valence-electron chi connectivity index (χ2n) is 1.75. The number of nitrogens with zero attached hydrogens (tertiary/aromatic N) is 1. The number of aromatic nitrogens is 1. The molecule has 1 rings (SSSR count). The second kappa shape index (κ2) is 2.43. The van der Waals surface area contributed by atoms with Crippen LogP contribution in [0.15, 0.2) is 12.1 Å². The molecule has 1 aromatic heterocycles. The Bertz CT molecular complexity index is 242. The third-order valence-corrected chi connectivity index (χ3v) is 0.950. The van der Waals surface area contributed by atoms with E-state index in [2.05, 4.69) is 4.98 Å². The summed E-state index contributed by atoms with van der Waals surface area (Å²) in [5, 5.41) is 0. The first-order valence-corrected chi connectivity index (χ1v) is 2.60. The number of anilines is 1. The summed E-state index contributed by atoms with van der Waals surface area (Å²) < 4.78 is 12.3. The van der Waals surface area contributed by atoms with E-state index in [4.69, 9.17) is 5.73 Å². The number of pyridine rings is 1. The highest BCUT2D eigenvalue weighted by atomic mass is 19.1. The van der Waals surface area contributed by atoms with Crippen molar-refractivity contribution in [3.8, 4) is 0 Å². The van der Waals surface area contributed by atoms with Gasteiger partial charge in [-0.3, -0.25) is 4.79 Å². The molecule has 0 spiro atoms. The summed E-state index contributed by atoms with van der Waals surface area (Å²) in [5.74, 6) is -0.531. The van der Waals surface area contributed by atoms with Crippen LogP contribution in [0.5, 0.6) is 0 Å². The summed E-state index contributed by atoms with van der Waals surface area (Å²) in [7, 11) is 0. The molecule has 3 nitrogen and oxygen atoms in total. The average molecular weight is 140 g/mol. The minimum atomic E-state index is -0.547. The molecule has 0 atom stereocenters. The lowest BCUT2D eigenvalue weighted by atomic mass is 10.3. The second-order valence-corrected chi connectivity index (χ2v) is 1.75. The lowest BCUT2D eigenvalue weighted by Crippen LogP contribution is -1.95. The Labute approximate surface area is 56.7 Å². The molecule has 0 aromatic carbocycles. The van der Waals surface area contributed by atoms with Gasteiger partial charge in [0.2, 0.25) is 0 Å². The molecular weight excluding hydrogens is 135 g/mol. The molecule has 0 saturated heterocycles. The molecule has 0 aliphatic heterocycles. The van der Waals surface area contributed by atoms with E-state index in [1.54, 1.807) is 0 Å². The first-order valence-electron chi connectivity index (χ1n) is 2.60. The van der Waals surface area contributed by atoms with Gasteiger partial charge in [0.25, 0.3) is 0 Å². The molecule has 0 radical (unpaired) electrons. The number of carbonyl (C=O) groups is 1. The van der Waals surface area contributed by atoms with Crippen LogP contribution >= 0.6 is 0 Å². The van der Waals surface area contributed by atoms with Gasteiger partial charge in [0.05, 0.1) is 0 Å². The summed E-state index contributed by atoms with van der Waals surface area (Å²) in [6.45, 7) is 0. The summed E-state index contributed by atoms with van der Waals surface area (Å²) in [6, 6.07) is 2.07. The van der Waals surface area contributed by atoms with Crippen LogP contribution in [0.4, 0.5) is 10.2 Å². The Morgan fingerprint density at radius 1 is 1.60 bits per heavy atom. The molecule has 0 saturated carbocycles. The van der Waals surface area contributed by atoms with Crippen molar-refractivity contribution in [2.45, 2.75) is 0 Å². The third kappa shape index (κ3) is 1.28. The van der Waals surface area contributed by atoms with Crippen LogP contribution in [0.2, 0.25) is 0 Å². The van der Waals surface area contributed by atoms with Gasteiger partial charge >= 0.3 is 0 Å². The number of carbonyl (C=O) groups excluding carboxylic acids is 1. The van der Waals surface area contributed by atoms with Crippen molar-refractivity contribution in [2.24, 2.45) is 0 Å². The van der Waals surface area contributed by atoms with Crippen LogP contribution in [0.3, 0.4) is 0 Å². The van der Waals surface area contributed by atoms with Crippen molar-refractivity contribution in [1.82, 2.24) is 4.98 Å². The molecule has 1 heterocycles. The lowest BCUT2D eigenvalue weighted by molar-refractivity contribution is 0.111.